The number of thiocarbonyl (C=S) groups is 1. The zero-order chi connectivity index (χ0) is 19.9. The smallest absolute Gasteiger partial charge is 0.232 e. The van der Waals surface area contributed by atoms with Crippen LogP contribution in [0.25, 0.3) is 0 Å². The minimum Gasteiger partial charge on any atom is -0.467 e. The second-order valence-corrected chi connectivity index (χ2v) is 7.85. The predicted octanol–water partition coefficient (Wildman–Crippen LogP) is 3.49. The second-order valence-electron chi connectivity index (χ2n) is 6.46. The average molecular weight is 428 g/mol. The number of furan rings is 1. The first kappa shape index (κ1) is 19.6. The van der Waals surface area contributed by atoms with Crippen LogP contribution in [0.5, 0.6) is 0 Å². The van der Waals surface area contributed by atoms with Crippen LogP contribution >= 0.6 is 24.0 Å². The molecule has 0 saturated carbocycles. The number of anilines is 2. The maximum Gasteiger partial charge on any atom is 0.232 e. The van der Waals surface area contributed by atoms with Gasteiger partial charge >= 0.3 is 0 Å². The molecule has 0 atom stereocenters. The lowest BCUT2D eigenvalue weighted by Crippen LogP contribution is -2.31. The molecular weight excluding hydrogens is 406 g/mol. The van der Waals surface area contributed by atoms with E-state index in [1.165, 1.54) is 31.0 Å². The van der Waals surface area contributed by atoms with Gasteiger partial charge in [-0.3, -0.25) is 0 Å². The van der Waals surface area contributed by atoms with E-state index < -0.39 is 0 Å². The van der Waals surface area contributed by atoms with Crippen molar-refractivity contribution in [1.82, 2.24) is 25.3 Å². The lowest BCUT2D eigenvalue weighted by atomic mass is 10.1. The summed E-state index contributed by atoms with van der Waals surface area (Å²) >= 11 is 6.79. The van der Waals surface area contributed by atoms with E-state index in [0.29, 0.717) is 22.8 Å². The van der Waals surface area contributed by atoms with Crippen molar-refractivity contribution in [2.24, 2.45) is 0 Å². The average Bonchev–Trinajstić information content (AvgIpc) is 3.27. The summed E-state index contributed by atoms with van der Waals surface area (Å²) in [6.45, 7) is 2.47. The Balaban J connectivity index is 1.51. The van der Waals surface area contributed by atoms with E-state index in [-0.39, 0.29) is 0 Å². The van der Waals surface area contributed by atoms with Crippen molar-refractivity contribution in [3.05, 3.63) is 48.7 Å². The number of hydrogen-bond donors (Lipinski definition) is 2. The summed E-state index contributed by atoms with van der Waals surface area (Å²) in [4.78, 5) is 20.1. The van der Waals surface area contributed by atoms with Crippen molar-refractivity contribution >= 4 is 40.9 Å². The van der Waals surface area contributed by atoms with Gasteiger partial charge in [-0.15, -0.1) is 0 Å². The molecular formula is C19H21N7OS2. The third kappa shape index (κ3) is 5.64. The van der Waals surface area contributed by atoms with Crippen LogP contribution in [-0.2, 0) is 6.54 Å². The summed E-state index contributed by atoms with van der Waals surface area (Å²) in [7, 11) is 0. The molecule has 0 bridgehead atoms. The first-order valence-corrected chi connectivity index (χ1v) is 10.6. The summed E-state index contributed by atoms with van der Waals surface area (Å²) in [5.74, 6) is 2.13. The van der Waals surface area contributed by atoms with Crippen LogP contribution in [-0.4, -0.2) is 38.1 Å². The van der Waals surface area contributed by atoms with Gasteiger partial charge in [0.1, 0.15) is 16.6 Å². The number of nitrogens with one attached hydrogen (secondary N) is 2. The molecule has 29 heavy (non-hydrogen) atoms. The molecule has 0 amide bonds. The van der Waals surface area contributed by atoms with Gasteiger partial charge in [0, 0.05) is 31.5 Å². The normalized spacial score (nSPS) is 13.9. The van der Waals surface area contributed by atoms with E-state index in [1.54, 1.807) is 24.7 Å². The van der Waals surface area contributed by atoms with Crippen LogP contribution in [0.1, 0.15) is 25.0 Å². The van der Waals surface area contributed by atoms with Gasteiger partial charge in [-0.1, -0.05) is 0 Å². The molecule has 10 heteroatoms. The minimum atomic E-state index is 0.434. The summed E-state index contributed by atoms with van der Waals surface area (Å²) in [6.07, 6.45) is 8.66. The van der Waals surface area contributed by atoms with Crippen LogP contribution in [0, 0.1) is 0 Å². The minimum absolute atomic E-state index is 0.434. The molecule has 1 fully saturated rings. The van der Waals surface area contributed by atoms with Gasteiger partial charge in [0.15, 0.2) is 10.3 Å². The quantitative estimate of drug-likeness (QED) is 0.346. The SMILES string of the molecule is S=C(NCc1ccco1)Nc1nc(Sc2ncccn2)cc(N2CCCCC2)n1. The Morgan fingerprint density at radius 2 is 1.97 bits per heavy atom. The van der Waals surface area contributed by atoms with Crippen molar-refractivity contribution in [3.63, 3.8) is 0 Å². The Bertz CT molecular complexity index is 931. The third-order valence-corrected chi connectivity index (χ3v) is 5.39. The van der Waals surface area contributed by atoms with Gasteiger partial charge < -0.3 is 20.0 Å². The lowest BCUT2D eigenvalue weighted by molar-refractivity contribution is 0.503. The molecule has 1 aliphatic heterocycles. The number of nitrogens with zero attached hydrogens (tertiary/aromatic N) is 5. The molecule has 0 unspecified atom stereocenters. The fourth-order valence-electron chi connectivity index (χ4n) is 2.96. The highest BCUT2D eigenvalue weighted by atomic mass is 32.2. The maximum absolute atomic E-state index is 5.39. The Morgan fingerprint density at radius 3 is 2.72 bits per heavy atom. The molecule has 1 aliphatic rings. The van der Waals surface area contributed by atoms with E-state index in [1.807, 2.05) is 18.2 Å². The van der Waals surface area contributed by atoms with Crippen LogP contribution in [0.2, 0.25) is 0 Å². The van der Waals surface area contributed by atoms with Gasteiger partial charge in [0.2, 0.25) is 5.95 Å². The maximum atomic E-state index is 5.39. The Morgan fingerprint density at radius 1 is 1.14 bits per heavy atom. The second kappa shape index (κ2) is 9.66. The zero-order valence-electron chi connectivity index (χ0n) is 15.7. The number of piperidine rings is 1. The van der Waals surface area contributed by atoms with Gasteiger partial charge in [-0.2, -0.15) is 4.98 Å². The standard InChI is InChI=1S/C19H21N7OS2/c28-18(22-13-14-6-4-11-27-14)25-17-23-15(26-9-2-1-3-10-26)12-16(24-17)29-19-20-7-5-8-21-19/h4-8,11-12H,1-3,9-10,13H2,(H2,22,23,24,25,28). The van der Waals surface area contributed by atoms with Gasteiger partial charge in [-0.05, 0) is 61.4 Å². The highest BCUT2D eigenvalue weighted by Crippen LogP contribution is 2.28. The van der Waals surface area contributed by atoms with Crippen LogP contribution in [0.4, 0.5) is 11.8 Å². The molecule has 2 N–H and O–H groups in total. The highest BCUT2D eigenvalue weighted by Gasteiger charge is 2.16. The van der Waals surface area contributed by atoms with E-state index in [4.69, 9.17) is 16.6 Å². The molecule has 0 radical (unpaired) electrons. The fraction of sp³-hybridized carbons (Fsp3) is 0.316. The molecule has 1 saturated heterocycles. The molecule has 8 nitrogen and oxygen atoms in total. The number of rotatable bonds is 6. The van der Waals surface area contributed by atoms with Crippen LogP contribution in [0.3, 0.4) is 0 Å². The van der Waals surface area contributed by atoms with Crippen molar-refractivity contribution in [3.8, 4) is 0 Å². The molecule has 3 aromatic rings. The third-order valence-electron chi connectivity index (χ3n) is 4.34. The molecule has 0 aliphatic carbocycles. The Labute approximate surface area is 178 Å². The van der Waals surface area contributed by atoms with Crippen molar-refractivity contribution in [2.45, 2.75) is 36.0 Å². The number of hydrogen-bond acceptors (Lipinski definition) is 8. The highest BCUT2D eigenvalue weighted by molar-refractivity contribution is 7.99. The lowest BCUT2D eigenvalue weighted by Gasteiger charge is -2.28. The number of aromatic nitrogens is 4. The first-order valence-electron chi connectivity index (χ1n) is 9.42. The van der Waals surface area contributed by atoms with Crippen molar-refractivity contribution in [2.75, 3.05) is 23.3 Å². The monoisotopic (exact) mass is 427 g/mol. The van der Waals surface area contributed by atoms with E-state index in [9.17, 15) is 0 Å². The fourth-order valence-corrected chi connectivity index (χ4v) is 3.84. The van der Waals surface area contributed by atoms with Crippen molar-refractivity contribution < 1.29 is 4.42 Å². The molecule has 150 valence electrons. The Hall–Kier alpha value is -2.72. The van der Waals surface area contributed by atoms with Gasteiger partial charge in [0.05, 0.1) is 12.8 Å². The van der Waals surface area contributed by atoms with Crippen LogP contribution in [0.15, 0.2) is 57.5 Å². The van der Waals surface area contributed by atoms with E-state index in [2.05, 4.69) is 35.5 Å². The Kier molecular flexibility index (Phi) is 6.52. The summed E-state index contributed by atoms with van der Waals surface area (Å²) in [6, 6.07) is 7.50. The topological polar surface area (TPSA) is 92.0 Å². The van der Waals surface area contributed by atoms with Crippen LogP contribution < -0.4 is 15.5 Å². The molecule has 4 rings (SSSR count). The molecule has 0 spiro atoms. The summed E-state index contributed by atoms with van der Waals surface area (Å²) in [5.41, 5.74) is 0. The summed E-state index contributed by atoms with van der Waals surface area (Å²) < 4.78 is 5.31. The summed E-state index contributed by atoms with van der Waals surface area (Å²) in [5, 5.41) is 8.03. The molecule has 4 heterocycles. The van der Waals surface area contributed by atoms with E-state index >= 15 is 0 Å². The predicted molar refractivity (Wildman–Crippen MR) is 116 cm³/mol. The largest absolute Gasteiger partial charge is 0.467 e. The zero-order valence-corrected chi connectivity index (χ0v) is 17.4. The van der Waals surface area contributed by atoms with Gasteiger partial charge in [-0.25, -0.2) is 15.0 Å². The van der Waals surface area contributed by atoms with Crippen molar-refractivity contribution in [1.29, 1.82) is 0 Å². The first-order chi connectivity index (χ1) is 14.3. The molecule has 0 aromatic carbocycles. The molecule has 3 aromatic heterocycles. The van der Waals surface area contributed by atoms with E-state index in [0.717, 1.165) is 29.7 Å². The van der Waals surface area contributed by atoms with Gasteiger partial charge in [0.25, 0.3) is 0 Å².